The van der Waals surface area contributed by atoms with Gasteiger partial charge in [-0.2, -0.15) is 0 Å². The Morgan fingerprint density at radius 2 is 1.57 bits per heavy atom. The van der Waals surface area contributed by atoms with Crippen LogP contribution in [0.1, 0.15) is 43.4 Å². The van der Waals surface area contributed by atoms with Gasteiger partial charge in [0.15, 0.2) is 0 Å². The van der Waals surface area contributed by atoms with Crippen LogP contribution in [-0.2, 0) is 11.8 Å². The Hall–Kier alpha value is -1.67. The van der Waals surface area contributed by atoms with Gasteiger partial charge in [-0.3, -0.25) is 0 Å². The van der Waals surface area contributed by atoms with Crippen LogP contribution in [0.4, 0.5) is 4.39 Å². The van der Waals surface area contributed by atoms with E-state index in [-0.39, 0.29) is 12.4 Å². The van der Waals surface area contributed by atoms with Crippen LogP contribution in [0.2, 0.25) is 0 Å². The monoisotopic (exact) mass is 286 g/mol. The summed E-state index contributed by atoms with van der Waals surface area (Å²) in [4.78, 5) is 0. The van der Waals surface area contributed by atoms with Crippen molar-refractivity contribution in [1.82, 2.24) is 0 Å². The first-order valence-electron chi connectivity index (χ1n) is 7.40. The molecule has 2 aromatic carbocycles. The molecule has 2 aromatic rings. The third kappa shape index (κ3) is 3.70. The van der Waals surface area contributed by atoms with Gasteiger partial charge in [0.05, 0.1) is 6.61 Å². The number of hydrogen-bond donors (Lipinski definition) is 1. The average molecular weight is 286 g/mol. The smallest absolute Gasteiger partial charge is 0.123 e. The van der Waals surface area contributed by atoms with Gasteiger partial charge in [0.1, 0.15) is 5.82 Å². The van der Waals surface area contributed by atoms with Crippen LogP contribution < -0.4 is 0 Å². The van der Waals surface area contributed by atoms with E-state index in [0.717, 1.165) is 12.0 Å². The maximum atomic E-state index is 13.1. The molecular weight excluding hydrogens is 263 g/mol. The van der Waals surface area contributed by atoms with Crippen molar-refractivity contribution in [1.29, 1.82) is 0 Å². The number of aliphatic hydroxyl groups is 1. The van der Waals surface area contributed by atoms with Crippen molar-refractivity contribution in [2.24, 2.45) is 0 Å². The lowest BCUT2D eigenvalue weighted by atomic mass is 9.78. The molecule has 1 atom stereocenters. The molecule has 2 rings (SSSR count). The molecule has 0 aliphatic carbocycles. The Balaban J connectivity index is 2.23. The fourth-order valence-corrected chi connectivity index (χ4v) is 2.57. The van der Waals surface area contributed by atoms with Crippen LogP contribution in [0.5, 0.6) is 0 Å². The van der Waals surface area contributed by atoms with Crippen molar-refractivity contribution >= 4 is 0 Å². The molecule has 1 N–H and O–H groups in total. The van der Waals surface area contributed by atoms with E-state index in [2.05, 4.69) is 38.1 Å². The topological polar surface area (TPSA) is 20.2 Å². The van der Waals surface area contributed by atoms with Gasteiger partial charge in [0.2, 0.25) is 0 Å². The molecule has 0 radical (unpaired) electrons. The summed E-state index contributed by atoms with van der Waals surface area (Å²) in [5, 5.41) is 9.82. The molecule has 0 spiro atoms. The number of rotatable bonds is 5. The van der Waals surface area contributed by atoms with Crippen LogP contribution in [0, 0.1) is 5.82 Å². The van der Waals surface area contributed by atoms with Crippen molar-refractivity contribution in [2.75, 3.05) is 6.61 Å². The Labute approximate surface area is 126 Å². The van der Waals surface area contributed by atoms with Crippen LogP contribution in [0.15, 0.2) is 48.5 Å². The Kier molecular flexibility index (Phi) is 4.79. The zero-order valence-electron chi connectivity index (χ0n) is 12.9. The maximum Gasteiger partial charge on any atom is 0.123 e. The normalized spacial score (nSPS) is 14.2. The molecule has 0 heterocycles. The van der Waals surface area contributed by atoms with Gasteiger partial charge in [-0.15, -0.1) is 0 Å². The minimum atomic E-state index is -0.396. The number of benzene rings is 2. The van der Waals surface area contributed by atoms with Crippen molar-refractivity contribution in [3.63, 3.8) is 0 Å². The van der Waals surface area contributed by atoms with E-state index in [0.29, 0.717) is 5.92 Å². The van der Waals surface area contributed by atoms with Crippen molar-refractivity contribution in [3.05, 3.63) is 71.0 Å². The fraction of sp³-hybridized carbons (Fsp3) is 0.368. The summed E-state index contributed by atoms with van der Waals surface area (Å²) in [7, 11) is 0. The van der Waals surface area contributed by atoms with Crippen molar-refractivity contribution < 1.29 is 9.50 Å². The first-order chi connectivity index (χ1) is 9.94. The Morgan fingerprint density at radius 1 is 1.00 bits per heavy atom. The van der Waals surface area contributed by atoms with Crippen molar-refractivity contribution in [2.45, 2.75) is 38.5 Å². The van der Waals surface area contributed by atoms with E-state index >= 15 is 0 Å². The first-order valence-corrected chi connectivity index (χ1v) is 7.40. The van der Waals surface area contributed by atoms with Gasteiger partial charge in [-0.1, -0.05) is 57.2 Å². The van der Waals surface area contributed by atoms with E-state index in [9.17, 15) is 9.50 Å². The molecule has 0 bridgehead atoms. The average Bonchev–Trinajstić information content (AvgIpc) is 2.48. The van der Waals surface area contributed by atoms with E-state index in [1.165, 1.54) is 23.3 Å². The summed E-state index contributed by atoms with van der Waals surface area (Å²) in [6.45, 7) is 6.39. The fourth-order valence-electron chi connectivity index (χ4n) is 2.57. The minimum Gasteiger partial charge on any atom is -0.395 e. The quantitative estimate of drug-likeness (QED) is 0.861. The highest BCUT2D eigenvalue weighted by Crippen LogP contribution is 2.28. The molecule has 1 nitrogen and oxygen atoms in total. The van der Waals surface area contributed by atoms with Gasteiger partial charge in [-0.05, 0) is 41.2 Å². The van der Waals surface area contributed by atoms with Crippen LogP contribution in [0.3, 0.4) is 0 Å². The third-order valence-corrected chi connectivity index (χ3v) is 4.13. The molecule has 0 saturated heterocycles. The molecule has 0 fully saturated rings. The molecule has 0 saturated carbocycles. The van der Waals surface area contributed by atoms with Crippen LogP contribution in [0.25, 0.3) is 0 Å². The second kappa shape index (κ2) is 6.40. The van der Waals surface area contributed by atoms with Gasteiger partial charge >= 0.3 is 0 Å². The largest absolute Gasteiger partial charge is 0.395 e. The molecule has 2 heteroatoms. The summed E-state index contributed by atoms with van der Waals surface area (Å²) in [6.07, 6.45) is 0.730. The zero-order chi connectivity index (χ0) is 15.5. The summed E-state index contributed by atoms with van der Waals surface area (Å²) in [5.41, 5.74) is 3.05. The van der Waals surface area contributed by atoms with E-state index in [1.54, 1.807) is 12.1 Å². The Bertz CT molecular complexity index is 572. The number of halogens is 1. The van der Waals surface area contributed by atoms with Crippen LogP contribution in [-0.4, -0.2) is 11.7 Å². The third-order valence-electron chi connectivity index (χ3n) is 4.13. The molecule has 0 aliphatic heterocycles. The molecule has 1 unspecified atom stereocenters. The lowest BCUT2D eigenvalue weighted by Gasteiger charge is -2.28. The first kappa shape index (κ1) is 15.7. The number of hydrogen-bond acceptors (Lipinski definition) is 1. The highest BCUT2D eigenvalue weighted by Gasteiger charge is 2.26. The minimum absolute atomic E-state index is 0.0323. The number of aliphatic hydroxyl groups excluding tert-OH is 1. The maximum absolute atomic E-state index is 13.1. The Morgan fingerprint density at radius 3 is 2.05 bits per heavy atom. The SMILES string of the molecule is CC(C)c1ccc(CC(C)(CO)c2ccc(F)cc2)cc1. The summed E-state index contributed by atoms with van der Waals surface area (Å²) in [5.74, 6) is 0.265. The second-order valence-corrected chi connectivity index (χ2v) is 6.30. The van der Waals surface area contributed by atoms with Crippen molar-refractivity contribution in [3.8, 4) is 0 Å². The van der Waals surface area contributed by atoms with Gasteiger partial charge in [-0.25, -0.2) is 4.39 Å². The van der Waals surface area contributed by atoms with E-state index < -0.39 is 5.41 Å². The molecule has 0 aliphatic rings. The molecule has 0 amide bonds. The summed E-state index contributed by atoms with van der Waals surface area (Å²) < 4.78 is 13.1. The summed E-state index contributed by atoms with van der Waals surface area (Å²) >= 11 is 0. The predicted octanol–water partition coefficient (Wildman–Crippen LogP) is 4.44. The second-order valence-electron chi connectivity index (χ2n) is 6.30. The van der Waals surface area contributed by atoms with Gasteiger partial charge in [0, 0.05) is 5.41 Å². The summed E-state index contributed by atoms with van der Waals surface area (Å²) in [6, 6.07) is 14.9. The zero-order valence-corrected chi connectivity index (χ0v) is 12.9. The molecule has 21 heavy (non-hydrogen) atoms. The lowest BCUT2D eigenvalue weighted by molar-refractivity contribution is 0.204. The molecule has 112 valence electrons. The highest BCUT2D eigenvalue weighted by atomic mass is 19.1. The standard InChI is InChI=1S/C19H23FO/c1-14(2)16-6-4-15(5-7-16)12-19(3,13-21)17-8-10-18(20)11-9-17/h4-11,14,21H,12-13H2,1-3H3. The predicted molar refractivity (Wildman–Crippen MR) is 85.1 cm³/mol. The molecular formula is C19H23FO. The van der Waals surface area contributed by atoms with E-state index in [4.69, 9.17) is 0 Å². The van der Waals surface area contributed by atoms with Gasteiger partial charge in [0.25, 0.3) is 0 Å². The van der Waals surface area contributed by atoms with Gasteiger partial charge < -0.3 is 5.11 Å². The van der Waals surface area contributed by atoms with E-state index in [1.807, 2.05) is 6.92 Å². The lowest BCUT2D eigenvalue weighted by Crippen LogP contribution is -2.29. The van der Waals surface area contributed by atoms with Crippen LogP contribution >= 0.6 is 0 Å². The highest BCUT2D eigenvalue weighted by molar-refractivity contribution is 5.31. The molecule has 0 aromatic heterocycles.